The van der Waals surface area contributed by atoms with Crippen molar-refractivity contribution in [3.8, 4) is 0 Å². The van der Waals surface area contributed by atoms with Gasteiger partial charge in [0.05, 0.1) is 5.69 Å². The highest BCUT2D eigenvalue weighted by atomic mass is 32.1. The van der Waals surface area contributed by atoms with E-state index < -0.39 is 17.5 Å². The number of hydrogen-bond acceptors (Lipinski definition) is 6. The van der Waals surface area contributed by atoms with Crippen LogP contribution in [-0.2, 0) is 11.3 Å². The molecule has 0 aliphatic carbocycles. The maximum absolute atomic E-state index is 13.4. The van der Waals surface area contributed by atoms with Gasteiger partial charge in [-0.15, -0.1) is 5.10 Å². The number of nitrogens with one attached hydrogen (secondary N) is 1. The molecule has 0 bridgehead atoms. The zero-order chi connectivity index (χ0) is 21.7. The molecule has 9 heteroatoms. The van der Waals surface area contributed by atoms with Gasteiger partial charge in [-0.3, -0.25) is 14.6 Å². The molecule has 7 nitrogen and oxygen atoms in total. The first-order valence-electron chi connectivity index (χ1n) is 9.30. The lowest BCUT2D eigenvalue weighted by atomic mass is 10.0. The normalized spacial score (nSPS) is 12.3. The van der Waals surface area contributed by atoms with Crippen molar-refractivity contribution in [2.24, 2.45) is 0 Å². The van der Waals surface area contributed by atoms with Crippen LogP contribution in [0.25, 0.3) is 0 Å². The maximum Gasteiger partial charge on any atom is 0.276 e. The third-order valence-corrected chi connectivity index (χ3v) is 4.64. The number of nitrogens with zero attached hydrogens (tertiary/aromatic N) is 4. The lowest BCUT2D eigenvalue weighted by molar-refractivity contribution is -0.127. The molecule has 0 unspecified atom stereocenters. The Morgan fingerprint density at radius 3 is 2.47 bits per heavy atom. The number of carbonyl (C=O) groups is 2. The molecule has 156 valence electrons. The molecule has 0 fully saturated rings. The van der Waals surface area contributed by atoms with Crippen molar-refractivity contribution in [2.75, 3.05) is 0 Å². The van der Waals surface area contributed by atoms with Gasteiger partial charge in [-0.05, 0) is 62.1 Å². The number of rotatable bonds is 6. The minimum absolute atomic E-state index is 0.0649. The number of benzene rings is 1. The van der Waals surface area contributed by atoms with Gasteiger partial charge in [0.15, 0.2) is 11.7 Å². The second-order valence-electron chi connectivity index (χ2n) is 7.75. The number of halogens is 1. The average molecular weight is 428 g/mol. The van der Waals surface area contributed by atoms with E-state index >= 15 is 0 Å². The third-order valence-electron chi connectivity index (χ3n) is 4.13. The van der Waals surface area contributed by atoms with E-state index in [1.165, 1.54) is 22.4 Å². The Kier molecular flexibility index (Phi) is 6.51. The van der Waals surface area contributed by atoms with E-state index in [1.54, 1.807) is 36.5 Å². The quantitative estimate of drug-likeness (QED) is 0.652. The fourth-order valence-corrected chi connectivity index (χ4v) is 3.31. The topological polar surface area (TPSA) is 88.1 Å². The van der Waals surface area contributed by atoms with Gasteiger partial charge in [-0.25, -0.2) is 4.39 Å². The molecule has 0 saturated carbocycles. The predicted molar refractivity (Wildman–Crippen MR) is 111 cm³/mol. The van der Waals surface area contributed by atoms with E-state index in [1.807, 2.05) is 20.8 Å². The molecular formula is C21H22FN5O2S. The first-order chi connectivity index (χ1) is 14.2. The largest absolute Gasteiger partial charge is 0.349 e. The van der Waals surface area contributed by atoms with Crippen LogP contribution in [0.5, 0.6) is 0 Å². The van der Waals surface area contributed by atoms with Crippen molar-refractivity contribution in [2.45, 2.75) is 38.9 Å². The van der Waals surface area contributed by atoms with Crippen LogP contribution in [0.4, 0.5) is 4.39 Å². The van der Waals surface area contributed by atoms with Gasteiger partial charge >= 0.3 is 0 Å². The Labute approximate surface area is 178 Å². The van der Waals surface area contributed by atoms with Gasteiger partial charge in [0.2, 0.25) is 5.91 Å². The summed E-state index contributed by atoms with van der Waals surface area (Å²) in [5.41, 5.74) is 0.693. The summed E-state index contributed by atoms with van der Waals surface area (Å²) in [6.45, 7) is 5.64. The van der Waals surface area contributed by atoms with Crippen LogP contribution < -0.4 is 5.32 Å². The molecule has 1 atom stereocenters. The summed E-state index contributed by atoms with van der Waals surface area (Å²) in [5.74, 6) is -1.22. The van der Waals surface area contributed by atoms with Crippen LogP contribution >= 0.6 is 11.5 Å². The predicted octanol–water partition coefficient (Wildman–Crippen LogP) is 3.37. The van der Waals surface area contributed by atoms with Crippen LogP contribution in [0.2, 0.25) is 0 Å². The SMILES string of the molecule is CC(C)(C)NC(=O)[C@@H](c1ccccn1)N(Cc1ccc(F)cc1)C(=O)c1csnn1. The van der Waals surface area contributed by atoms with Crippen LogP contribution in [0, 0.1) is 5.82 Å². The fraction of sp³-hybridized carbons (Fsp3) is 0.286. The van der Waals surface area contributed by atoms with Crippen molar-refractivity contribution in [1.82, 2.24) is 24.8 Å². The maximum atomic E-state index is 13.4. The van der Waals surface area contributed by atoms with Crippen molar-refractivity contribution in [1.29, 1.82) is 0 Å². The monoisotopic (exact) mass is 427 g/mol. The Morgan fingerprint density at radius 2 is 1.90 bits per heavy atom. The third kappa shape index (κ3) is 5.44. The molecule has 0 radical (unpaired) electrons. The molecule has 30 heavy (non-hydrogen) atoms. The van der Waals surface area contributed by atoms with Crippen molar-refractivity contribution in [3.05, 3.63) is 76.8 Å². The molecule has 1 aromatic carbocycles. The summed E-state index contributed by atoms with van der Waals surface area (Å²) in [5, 5.41) is 8.32. The van der Waals surface area contributed by atoms with Crippen LogP contribution in [0.15, 0.2) is 54.0 Å². The Bertz CT molecular complexity index is 988. The zero-order valence-corrected chi connectivity index (χ0v) is 17.7. The van der Waals surface area contributed by atoms with E-state index in [2.05, 4.69) is 19.9 Å². The summed E-state index contributed by atoms with van der Waals surface area (Å²) < 4.78 is 17.1. The fourth-order valence-electron chi connectivity index (χ4n) is 2.88. The summed E-state index contributed by atoms with van der Waals surface area (Å²) in [7, 11) is 0. The van der Waals surface area contributed by atoms with E-state index in [0.29, 0.717) is 11.3 Å². The van der Waals surface area contributed by atoms with Crippen molar-refractivity contribution in [3.63, 3.8) is 0 Å². The van der Waals surface area contributed by atoms with Crippen LogP contribution in [0.1, 0.15) is 48.6 Å². The highest BCUT2D eigenvalue weighted by Crippen LogP contribution is 2.25. The Balaban J connectivity index is 2.06. The summed E-state index contributed by atoms with van der Waals surface area (Å²) in [6.07, 6.45) is 1.57. The molecule has 0 aliphatic rings. The van der Waals surface area contributed by atoms with Gasteiger partial charge in [0.1, 0.15) is 5.82 Å². The van der Waals surface area contributed by atoms with Gasteiger partial charge in [0.25, 0.3) is 5.91 Å². The zero-order valence-electron chi connectivity index (χ0n) is 16.9. The molecule has 2 amide bonds. The van der Waals surface area contributed by atoms with Gasteiger partial charge in [0, 0.05) is 23.7 Å². The number of amides is 2. The number of carbonyl (C=O) groups excluding carboxylic acids is 2. The number of hydrogen-bond donors (Lipinski definition) is 1. The summed E-state index contributed by atoms with van der Waals surface area (Å²) in [6, 6.07) is 9.95. The first-order valence-corrected chi connectivity index (χ1v) is 10.1. The second-order valence-corrected chi connectivity index (χ2v) is 8.36. The molecule has 1 N–H and O–H groups in total. The van der Waals surface area contributed by atoms with E-state index in [0.717, 1.165) is 11.5 Å². The number of aromatic nitrogens is 3. The minimum atomic E-state index is -1.01. The van der Waals surface area contributed by atoms with Crippen molar-refractivity contribution >= 4 is 23.3 Å². The smallest absolute Gasteiger partial charge is 0.276 e. The minimum Gasteiger partial charge on any atom is -0.349 e. The number of pyridine rings is 1. The standard InChI is InChI=1S/C21H22FN5O2S/c1-21(2,3)24-19(28)18(16-6-4-5-11-23-16)27(20(29)17-13-30-26-25-17)12-14-7-9-15(22)10-8-14/h4-11,13,18H,12H2,1-3H3,(H,24,28)/t18-/m1/s1. The highest BCUT2D eigenvalue weighted by Gasteiger charge is 2.35. The van der Waals surface area contributed by atoms with E-state index in [4.69, 9.17) is 0 Å². The van der Waals surface area contributed by atoms with Crippen LogP contribution in [0.3, 0.4) is 0 Å². The molecule has 3 aromatic rings. The second kappa shape index (κ2) is 9.08. The molecule has 0 saturated heterocycles. The van der Waals surface area contributed by atoms with Gasteiger partial charge in [-0.2, -0.15) is 0 Å². The first kappa shape index (κ1) is 21.5. The van der Waals surface area contributed by atoms with Crippen molar-refractivity contribution < 1.29 is 14.0 Å². The molecule has 3 rings (SSSR count). The van der Waals surface area contributed by atoms with Gasteiger partial charge < -0.3 is 10.2 Å². The lowest BCUT2D eigenvalue weighted by Gasteiger charge is -2.32. The molecule has 2 aromatic heterocycles. The Morgan fingerprint density at radius 1 is 1.17 bits per heavy atom. The molecule has 2 heterocycles. The lowest BCUT2D eigenvalue weighted by Crippen LogP contribution is -2.49. The average Bonchev–Trinajstić information content (AvgIpc) is 3.23. The van der Waals surface area contributed by atoms with E-state index in [-0.39, 0.29) is 24.0 Å². The molecular weight excluding hydrogens is 405 g/mol. The summed E-state index contributed by atoms with van der Waals surface area (Å²) >= 11 is 1.05. The van der Waals surface area contributed by atoms with Crippen LogP contribution in [-0.4, -0.2) is 36.8 Å². The highest BCUT2D eigenvalue weighted by molar-refractivity contribution is 7.03. The van der Waals surface area contributed by atoms with Gasteiger partial charge in [-0.1, -0.05) is 22.7 Å². The molecule has 0 aliphatic heterocycles. The Hall–Kier alpha value is -3.20. The van der Waals surface area contributed by atoms with E-state index in [9.17, 15) is 14.0 Å². The summed E-state index contributed by atoms with van der Waals surface area (Å²) in [4.78, 5) is 32.3. The molecule has 0 spiro atoms.